The Bertz CT molecular complexity index is 671. The molecule has 0 atom stereocenters. The number of para-hydroxylation sites is 1. The Kier molecular flexibility index (Phi) is 3.51. The van der Waals surface area contributed by atoms with Crippen LogP contribution < -0.4 is 5.32 Å². The van der Waals surface area contributed by atoms with Gasteiger partial charge in [-0.05, 0) is 6.07 Å². The molecule has 110 valence electrons. The van der Waals surface area contributed by atoms with Crippen LogP contribution in [-0.2, 0) is 11.8 Å². The number of amides is 3. The first-order chi connectivity index (χ1) is 10.2. The van der Waals surface area contributed by atoms with Crippen molar-refractivity contribution < 1.29 is 9.59 Å². The number of carbonyl (C=O) groups excluding carboxylic acids is 2. The minimum atomic E-state index is -0.114. The number of fused-ring (bicyclic) bond motifs is 1. The van der Waals surface area contributed by atoms with E-state index in [2.05, 4.69) is 5.32 Å². The van der Waals surface area contributed by atoms with Crippen molar-refractivity contribution >= 4 is 29.0 Å². The normalized spacial score (nSPS) is 15.3. The van der Waals surface area contributed by atoms with Gasteiger partial charge in [0, 0.05) is 50.3 Å². The Morgan fingerprint density at radius 3 is 2.62 bits per heavy atom. The predicted molar refractivity (Wildman–Crippen MR) is 81.1 cm³/mol. The number of urea groups is 1. The molecule has 3 rings (SSSR count). The third-order valence-electron chi connectivity index (χ3n) is 3.89. The number of anilines is 1. The summed E-state index contributed by atoms with van der Waals surface area (Å²) < 4.78 is 2.00. The van der Waals surface area contributed by atoms with Gasteiger partial charge in [0.05, 0.1) is 5.69 Å². The second-order valence-corrected chi connectivity index (χ2v) is 5.23. The minimum Gasteiger partial charge on any atom is -0.348 e. The van der Waals surface area contributed by atoms with Gasteiger partial charge in [-0.3, -0.25) is 4.79 Å². The van der Waals surface area contributed by atoms with Gasteiger partial charge in [-0.15, -0.1) is 0 Å². The van der Waals surface area contributed by atoms with Gasteiger partial charge in [0.15, 0.2) is 0 Å². The summed E-state index contributed by atoms with van der Waals surface area (Å²) in [6.45, 7) is 2.31. The SMILES string of the molecule is Cn1cc(NC(=O)N2CCN(C=O)CC2)c2ccccc21. The summed E-state index contributed by atoms with van der Waals surface area (Å²) in [5.41, 5.74) is 1.90. The summed E-state index contributed by atoms with van der Waals surface area (Å²) in [6, 6.07) is 7.84. The maximum absolute atomic E-state index is 12.3. The number of nitrogens with zero attached hydrogens (tertiary/aromatic N) is 3. The second-order valence-electron chi connectivity index (χ2n) is 5.23. The van der Waals surface area contributed by atoms with Crippen molar-refractivity contribution in [3.8, 4) is 0 Å². The zero-order valence-electron chi connectivity index (χ0n) is 12.0. The monoisotopic (exact) mass is 286 g/mol. The molecule has 6 heteroatoms. The van der Waals surface area contributed by atoms with Crippen molar-refractivity contribution in [2.45, 2.75) is 0 Å². The molecule has 6 nitrogen and oxygen atoms in total. The van der Waals surface area contributed by atoms with E-state index < -0.39 is 0 Å². The van der Waals surface area contributed by atoms with E-state index in [0.29, 0.717) is 26.2 Å². The second kappa shape index (κ2) is 5.47. The Balaban J connectivity index is 1.73. The molecule has 0 aliphatic carbocycles. The lowest BCUT2D eigenvalue weighted by atomic mass is 10.2. The molecule has 2 aromatic rings. The van der Waals surface area contributed by atoms with E-state index in [0.717, 1.165) is 23.0 Å². The highest BCUT2D eigenvalue weighted by atomic mass is 16.2. The van der Waals surface area contributed by atoms with Crippen LogP contribution in [0.25, 0.3) is 10.9 Å². The Morgan fingerprint density at radius 1 is 1.19 bits per heavy atom. The van der Waals surface area contributed by atoms with Gasteiger partial charge in [0.1, 0.15) is 0 Å². The van der Waals surface area contributed by atoms with Gasteiger partial charge in [-0.2, -0.15) is 0 Å². The molecule has 1 aliphatic rings. The molecule has 1 fully saturated rings. The minimum absolute atomic E-state index is 0.114. The Labute approximate surface area is 122 Å². The fourth-order valence-corrected chi connectivity index (χ4v) is 2.67. The van der Waals surface area contributed by atoms with Crippen LogP contribution in [-0.4, -0.2) is 53.0 Å². The van der Waals surface area contributed by atoms with Gasteiger partial charge >= 0.3 is 6.03 Å². The largest absolute Gasteiger partial charge is 0.348 e. The molecule has 0 bridgehead atoms. The standard InChI is InChI=1S/C15H18N4O2/c1-17-10-13(12-4-2-3-5-14(12)17)16-15(21)19-8-6-18(11-20)7-9-19/h2-5,10-11H,6-9H2,1H3,(H,16,21). The summed E-state index contributed by atoms with van der Waals surface area (Å²) in [5, 5.41) is 4.00. The van der Waals surface area contributed by atoms with Crippen LogP contribution in [0.4, 0.5) is 10.5 Å². The molecular formula is C15H18N4O2. The number of aryl methyl sites for hydroxylation is 1. The zero-order chi connectivity index (χ0) is 14.8. The van der Waals surface area contributed by atoms with Crippen LogP contribution >= 0.6 is 0 Å². The summed E-state index contributed by atoms with van der Waals surface area (Å²) in [6.07, 6.45) is 2.75. The predicted octanol–water partition coefficient (Wildman–Crippen LogP) is 1.48. The maximum Gasteiger partial charge on any atom is 0.322 e. The third-order valence-corrected chi connectivity index (χ3v) is 3.89. The van der Waals surface area contributed by atoms with Gasteiger partial charge in [0.2, 0.25) is 6.41 Å². The quantitative estimate of drug-likeness (QED) is 0.850. The first kappa shape index (κ1) is 13.5. The van der Waals surface area contributed by atoms with E-state index in [-0.39, 0.29) is 6.03 Å². The summed E-state index contributed by atoms with van der Waals surface area (Å²) in [5.74, 6) is 0. The van der Waals surface area contributed by atoms with Crippen molar-refractivity contribution in [3.63, 3.8) is 0 Å². The van der Waals surface area contributed by atoms with Crippen molar-refractivity contribution in [1.82, 2.24) is 14.4 Å². The number of benzene rings is 1. The molecule has 0 radical (unpaired) electrons. The molecule has 1 N–H and O–H groups in total. The van der Waals surface area contributed by atoms with Gasteiger partial charge < -0.3 is 19.7 Å². The summed E-state index contributed by atoms with van der Waals surface area (Å²) in [7, 11) is 1.96. The lowest BCUT2D eigenvalue weighted by Crippen LogP contribution is -2.49. The third kappa shape index (κ3) is 2.56. The molecule has 2 heterocycles. The number of aromatic nitrogens is 1. The molecule has 3 amide bonds. The molecule has 1 aliphatic heterocycles. The van der Waals surface area contributed by atoms with E-state index in [4.69, 9.17) is 0 Å². The molecule has 1 saturated heterocycles. The molecule has 0 saturated carbocycles. The maximum atomic E-state index is 12.3. The Morgan fingerprint density at radius 2 is 1.90 bits per heavy atom. The number of hydrogen-bond donors (Lipinski definition) is 1. The first-order valence-electron chi connectivity index (χ1n) is 6.98. The van der Waals surface area contributed by atoms with Crippen LogP contribution in [0.1, 0.15) is 0 Å². The van der Waals surface area contributed by atoms with Crippen LogP contribution in [0.15, 0.2) is 30.5 Å². The van der Waals surface area contributed by atoms with Crippen molar-refractivity contribution in [3.05, 3.63) is 30.5 Å². The smallest absolute Gasteiger partial charge is 0.322 e. The van der Waals surface area contributed by atoms with Crippen LogP contribution in [0, 0.1) is 0 Å². The average molecular weight is 286 g/mol. The topological polar surface area (TPSA) is 57.6 Å². The van der Waals surface area contributed by atoms with E-state index in [1.807, 2.05) is 42.1 Å². The van der Waals surface area contributed by atoms with E-state index in [1.54, 1.807) is 9.80 Å². The fraction of sp³-hybridized carbons (Fsp3) is 0.333. The van der Waals surface area contributed by atoms with E-state index >= 15 is 0 Å². The molecular weight excluding hydrogens is 268 g/mol. The van der Waals surface area contributed by atoms with Crippen LogP contribution in [0.3, 0.4) is 0 Å². The van der Waals surface area contributed by atoms with Gasteiger partial charge in [-0.25, -0.2) is 4.79 Å². The number of nitrogens with one attached hydrogen (secondary N) is 1. The molecule has 1 aromatic carbocycles. The molecule has 1 aromatic heterocycles. The first-order valence-corrected chi connectivity index (χ1v) is 6.98. The average Bonchev–Trinajstić information content (AvgIpc) is 2.84. The van der Waals surface area contributed by atoms with Gasteiger partial charge in [0.25, 0.3) is 0 Å². The van der Waals surface area contributed by atoms with Crippen molar-refractivity contribution in [2.75, 3.05) is 31.5 Å². The van der Waals surface area contributed by atoms with E-state index in [9.17, 15) is 9.59 Å². The lowest BCUT2D eigenvalue weighted by molar-refractivity contribution is -0.119. The zero-order valence-corrected chi connectivity index (χ0v) is 12.0. The van der Waals surface area contributed by atoms with Crippen LogP contribution in [0.2, 0.25) is 0 Å². The van der Waals surface area contributed by atoms with E-state index in [1.165, 1.54) is 0 Å². The van der Waals surface area contributed by atoms with Crippen molar-refractivity contribution in [2.24, 2.45) is 7.05 Å². The molecule has 21 heavy (non-hydrogen) atoms. The van der Waals surface area contributed by atoms with Crippen molar-refractivity contribution in [1.29, 1.82) is 0 Å². The highest BCUT2D eigenvalue weighted by molar-refractivity contribution is 6.01. The summed E-state index contributed by atoms with van der Waals surface area (Å²) >= 11 is 0. The molecule has 0 spiro atoms. The highest BCUT2D eigenvalue weighted by Crippen LogP contribution is 2.25. The number of rotatable bonds is 2. The Hall–Kier alpha value is -2.50. The number of hydrogen-bond acceptors (Lipinski definition) is 2. The highest BCUT2D eigenvalue weighted by Gasteiger charge is 2.21. The lowest BCUT2D eigenvalue weighted by Gasteiger charge is -2.32. The molecule has 0 unspecified atom stereocenters. The fourth-order valence-electron chi connectivity index (χ4n) is 2.67. The number of carbonyl (C=O) groups is 2. The van der Waals surface area contributed by atoms with Gasteiger partial charge in [-0.1, -0.05) is 18.2 Å². The number of piperazine rings is 1. The van der Waals surface area contributed by atoms with Crippen LogP contribution in [0.5, 0.6) is 0 Å². The summed E-state index contributed by atoms with van der Waals surface area (Å²) in [4.78, 5) is 26.4.